The molecule has 0 fully saturated rings. The fourth-order valence-electron chi connectivity index (χ4n) is 2.87. The van der Waals surface area contributed by atoms with Crippen molar-refractivity contribution >= 4 is 11.6 Å². The molecule has 0 saturated carbocycles. The Balaban J connectivity index is 1.40. The molecule has 0 saturated heterocycles. The average Bonchev–Trinajstić information content (AvgIpc) is 3.24. The second kappa shape index (κ2) is 9.00. The van der Waals surface area contributed by atoms with Gasteiger partial charge in [-0.15, -0.1) is 0 Å². The Morgan fingerprint density at radius 1 is 1.07 bits per heavy atom. The Bertz CT molecular complexity index is 1120. The molecule has 7 heteroatoms. The van der Waals surface area contributed by atoms with Gasteiger partial charge in [0.15, 0.2) is 6.61 Å². The van der Waals surface area contributed by atoms with Crippen LogP contribution in [-0.4, -0.2) is 27.6 Å². The van der Waals surface area contributed by atoms with Crippen molar-refractivity contribution < 1.29 is 14.1 Å². The number of nitrogens with zero attached hydrogens (tertiary/aromatic N) is 3. The largest absolute Gasteiger partial charge is 0.484 e. The molecule has 0 aliphatic rings. The van der Waals surface area contributed by atoms with E-state index in [-0.39, 0.29) is 12.5 Å². The monoisotopic (exact) mass is 400 g/mol. The van der Waals surface area contributed by atoms with Crippen LogP contribution in [0.1, 0.15) is 17.0 Å². The zero-order valence-electron chi connectivity index (χ0n) is 16.4. The molecule has 4 rings (SSSR count). The Morgan fingerprint density at radius 3 is 2.70 bits per heavy atom. The lowest BCUT2D eigenvalue weighted by molar-refractivity contribution is -0.118. The summed E-state index contributed by atoms with van der Waals surface area (Å²) in [7, 11) is 0. The predicted molar refractivity (Wildman–Crippen MR) is 112 cm³/mol. The highest BCUT2D eigenvalue weighted by Gasteiger charge is 2.13. The Kier molecular flexibility index (Phi) is 5.80. The van der Waals surface area contributed by atoms with E-state index in [1.165, 1.54) is 0 Å². The molecule has 0 aliphatic carbocycles. The van der Waals surface area contributed by atoms with Gasteiger partial charge in [-0.1, -0.05) is 41.1 Å². The number of benzene rings is 2. The van der Waals surface area contributed by atoms with E-state index in [2.05, 4.69) is 20.4 Å². The van der Waals surface area contributed by atoms with E-state index in [4.69, 9.17) is 9.26 Å². The summed E-state index contributed by atoms with van der Waals surface area (Å²) in [5.41, 5.74) is 3.45. The highest BCUT2D eigenvalue weighted by atomic mass is 16.5. The van der Waals surface area contributed by atoms with Crippen LogP contribution in [0.25, 0.3) is 11.4 Å². The molecule has 1 N–H and O–H groups in total. The Labute approximate surface area is 173 Å². The number of para-hydroxylation sites is 1. The van der Waals surface area contributed by atoms with Gasteiger partial charge in [0.2, 0.25) is 11.7 Å². The molecule has 2 aromatic heterocycles. The van der Waals surface area contributed by atoms with Crippen molar-refractivity contribution in [2.45, 2.75) is 13.3 Å². The van der Waals surface area contributed by atoms with Crippen LogP contribution in [0, 0.1) is 6.92 Å². The number of amides is 1. The van der Waals surface area contributed by atoms with Gasteiger partial charge in [0.05, 0.1) is 6.42 Å². The molecular weight excluding hydrogens is 380 g/mol. The second-order valence-corrected chi connectivity index (χ2v) is 6.74. The summed E-state index contributed by atoms with van der Waals surface area (Å²) >= 11 is 0. The minimum Gasteiger partial charge on any atom is -0.484 e. The van der Waals surface area contributed by atoms with Crippen LogP contribution >= 0.6 is 0 Å². The maximum atomic E-state index is 12.4. The van der Waals surface area contributed by atoms with Gasteiger partial charge in [0.25, 0.3) is 5.91 Å². The second-order valence-electron chi connectivity index (χ2n) is 6.74. The van der Waals surface area contributed by atoms with Crippen LogP contribution in [0.2, 0.25) is 0 Å². The van der Waals surface area contributed by atoms with E-state index >= 15 is 0 Å². The standard InChI is InChI=1S/C23H20N4O3/c1-16-8-10-19(11-9-16)29-15-21(28)25-20-7-3-2-5-17(20)13-22-26-23(27-30-22)18-6-4-12-24-14-18/h2-12,14H,13,15H2,1H3,(H,25,28). The predicted octanol–water partition coefficient (Wildman–Crippen LogP) is 4.05. The summed E-state index contributed by atoms with van der Waals surface area (Å²) < 4.78 is 10.9. The number of carbonyl (C=O) groups excluding carboxylic acids is 1. The molecule has 0 bridgehead atoms. The number of rotatable bonds is 7. The summed E-state index contributed by atoms with van der Waals surface area (Å²) in [6.07, 6.45) is 3.76. The fraction of sp³-hybridized carbons (Fsp3) is 0.130. The maximum absolute atomic E-state index is 12.4. The summed E-state index contributed by atoms with van der Waals surface area (Å²) in [5.74, 6) is 1.33. The highest BCUT2D eigenvalue weighted by molar-refractivity contribution is 5.92. The smallest absolute Gasteiger partial charge is 0.262 e. The van der Waals surface area contributed by atoms with E-state index in [0.29, 0.717) is 29.6 Å². The van der Waals surface area contributed by atoms with E-state index in [9.17, 15) is 4.79 Å². The molecule has 0 spiro atoms. The lowest BCUT2D eigenvalue weighted by atomic mass is 10.1. The maximum Gasteiger partial charge on any atom is 0.262 e. The third-order valence-corrected chi connectivity index (χ3v) is 4.41. The molecule has 0 atom stereocenters. The molecule has 4 aromatic rings. The normalized spacial score (nSPS) is 10.6. The van der Waals surface area contributed by atoms with E-state index in [1.807, 2.05) is 67.6 Å². The van der Waals surface area contributed by atoms with Gasteiger partial charge in [-0.2, -0.15) is 4.98 Å². The minimum absolute atomic E-state index is 0.0802. The van der Waals surface area contributed by atoms with E-state index < -0.39 is 0 Å². The summed E-state index contributed by atoms with van der Waals surface area (Å²) in [6, 6.07) is 18.7. The van der Waals surface area contributed by atoms with Gasteiger partial charge < -0.3 is 14.6 Å². The van der Waals surface area contributed by atoms with Crippen molar-refractivity contribution in [2.75, 3.05) is 11.9 Å². The van der Waals surface area contributed by atoms with Gasteiger partial charge in [-0.05, 0) is 42.8 Å². The number of nitrogens with one attached hydrogen (secondary N) is 1. The molecule has 0 unspecified atom stereocenters. The number of ether oxygens (including phenoxy) is 1. The quantitative estimate of drug-likeness (QED) is 0.503. The fourth-order valence-corrected chi connectivity index (χ4v) is 2.87. The van der Waals surface area contributed by atoms with Crippen LogP contribution in [0.5, 0.6) is 5.75 Å². The van der Waals surface area contributed by atoms with Crippen molar-refractivity contribution in [3.8, 4) is 17.1 Å². The number of carbonyl (C=O) groups is 1. The van der Waals surface area contributed by atoms with Gasteiger partial charge in [0.1, 0.15) is 5.75 Å². The van der Waals surface area contributed by atoms with Crippen LogP contribution in [0.4, 0.5) is 5.69 Å². The van der Waals surface area contributed by atoms with Crippen molar-refractivity contribution in [1.29, 1.82) is 0 Å². The number of aromatic nitrogens is 3. The summed E-state index contributed by atoms with van der Waals surface area (Å²) in [4.78, 5) is 20.8. The molecule has 7 nitrogen and oxygen atoms in total. The number of pyridine rings is 1. The van der Waals surface area contributed by atoms with Crippen LogP contribution < -0.4 is 10.1 Å². The Morgan fingerprint density at radius 2 is 1.90 bits per heavy atom. The van der Waals surface area contributed by atoms with Crippen LogP contribution in [0.3, 0.4) is 0 Å². The number of anilines is 1. The minimum atomic E-state index is -0.246. The Hall–Kier alpha value is -4.00. The number of hydrogen-bond acceptors (Lipinski definition) is 6. The summed E-state index contributed by atoms with van der Waals surface area (Å²) in [6.45, 7) is 1.92. The first-order valence-corrected chi connectivity index (χ1v) is 9.47. The lowest BCUT2D eigenvalue weighted by Gasteiger charge is -2.11. The average molecular weight is 400 g/mol. The molecule has 1 amide bonds. The zero-order chi connectivity index (χ0) is 20.8. The first kappa shape index (κ1) is 19.3. The highest BCUT2D eigenvalue weighted by Crippen LogP contribution is 2.21. The third kappa shape index (κ3) is 4.88. The molecular formula is C23H20N4O3. The van der Waals surface area contributed by atoms with Gasteiger partial charge >= 0.3 is 0 Å². The van der Waals surface area contributed by atoms with Gasteiger partial charge in [-0.25, -0.2) is 0 Å². The van der Waals surface area contributed by atoms with E-state index in [1.54, 1.807) is 12.4 Å². The van der Waals surface area contributed by atoms with Crippen molar-refractivity contribution in [3.63, 3.8) is 0 Å². The summed E-state index contributed by atoms with van der Waals surface area (Å²) in [5, 5.41) is 6.90. The molecule has 0 aliphatic heterocycles. The molecule has 150 valence electrons. The molecule has 0 radical (unpaired) electrons. The van der Waals surface area contributed by atoms with Crippen molar-refractivity contribution in [2.24, 2.45) is 0 Å². The molecule has 2 heterocycles. The van der Waals surface area contributed by atoms with Gasteiger partial charge in [-0.3, -0.25) is 9.78 Å². The van der Waals surface area contributed by atoms with Crippen molar-refractivity contribution in [1.82, 2.24) is 15.1 Å². The first-order chi connectivity index (χ1) is 14.7. The molecule has 30 heavy (non-hydrogen) atoms. The van der Waals surface area contributed by atoms with Crippen LogP contribution in [-0.2, 0) is 11.2 Å². The zero-order valence-corrected chi connectivity index (χ0v) is 16.4. The SMILES string of the molecule is Cc1ccc(OCC(=O)Nc2ccccc2Cc2nc(-c3cccnc3)no2)cc1. The topological polar surface area (TPSA) is 90.1 Å². The first-order valence-electron chi connectivity index (χ1n) is 9.47. The molecule has 2 aromatic carbocycles. The van der Waals surface area contributed by atoms with Gasteiger partial charge in [0, 0.05) is 23.6 Å². The number of hydrogen-bond donors (Lipinski definition) is 1. The number of aryl methyl sites for hydroxylation is 1. The van der Waals surface area contributed by atoms with E-state index in [0.717, 1.165) is 16.7 Å². The van der Waals surface area contributed by atoms with Crippen molar-refractivity contribution in [3.05, 3.63) is 90.1 Å². The third-order valence-electron chi connectivity index (χ3n) is 4.41. The lowest BCUT2D eigenvalue weighted by Crippen LogP contribution is -2.21. The van der Waals surface area contributed by atoms with Crippen LogP contribution in [0.15, 0.2) is 77.6 Å².